The second-order valence-corrected chi connectivity index (χ2v) is 6.93. The molecule has 0 saturated carbocycles. The average Bonchev–Trinajstić information content (AvgIpc) is 3.31. The minimum atomic E-state index is 0.0219. The number of H-pyrrole nitrogens is 2. The van der Waals surface area contributed by atoms with Crippen LogP contribution >= 0.6 is 0 Å². The first-order chi connectivity index (χ1) is 13.2. The van der Waals surface area contributed by atoms with Crippen molar-refractivity contribution in [2.45, 2.75) is 32.2 Å². The molecule has 4 rings (SSSR count). The van der Waals surface area contributed by atoms with Gasteiger partial charge in [0.25, 0.3) is 0 Å². The smallest absolute Gasteiger partial charge is 0.234 e. The second kappa shape index (κ2) is 7.16. The highest BCUT2D eigenvalue weighted by atomic mass is 16.2. The molecule has 0 spiro atoms. The molecule has 0 bridgehead atoms. The van der Waals surface area contributed by atoms with E-state index < -0.39 is 0 Å². The van der Waals surface area contributed by atoms with Gasteiger partial charge in [-0.2, -0.15) is 5.10 Å². The van der Waals surface area contributed by atoms with Crippen molar-refractivity contribution in [3.63, 3.8) is 0 Å². The van der Waals surface area contributed by atoms with E-state index in [2.05, 4.69) is 31.4 Å². The van der Waals surface area contributed by atoms with Gasteiger partial charge in [-0.25, -0.2) is 4.98 Å². The predicted octanol–water partition coefficient (Wildman–Crippen LogP) is 2.69. The van der Waals surface area contributed by atoms with Crippen LogP contribution in [0.2, 0.25) is 0 Å². The van der Waals surface area contributed by atoms with E-state index >= 15 is 0 Å². The van der Waals surface area contributed by atoms with E-state index in [0.717, 1.165) is 53.1 Å². The van der Waals surface area contributed by atoms with Crippen molar-refractivity contribution >= 4 is 22.6 Å². The van der Waals surface area contributed by atoms with Crippen molar-refractivity contribution in [2.24, 2.45) is 0 Å². The van der Waals surface area contributed by atoms with Crippen LogP contribution in [0.5, 0.6) is 0 Å². The number of fused-ring (bicyclic) bond motifs is 1. The lowest BCUT2D eigenvalue weighted by Gasteiger charge is -2.34. The molecule has 0 aromatic carbocycles. The summed E-state index contributed by atoms with van der Waals surface area (Å²) in [5.41, 5.74) is 4.60. The molecule has 3 aromatic heterocycles. The number of hydrogen-bond acceptors (Lipinski definition) is 4. The lowest BCUT2D eigenvalue weighted by Crippen LogP contribution is -2.45. The zero-order chi connectivity index (χ0) is 18.8. The van der Waals surface area contributed by atoms with Gasteiger partial charge in [-0.15, -0.1) is 6.42 Å². The number of nitrogens with one attached hydrogen (secondary N) is 3. The molecule has 3 N–H and O–H groups in total. The average molecular weight is 362 g/mol. The van der Waals surface area contributed by atoms with E-state index in [1.165, 1.54) is 0 Å². The number of carbonyl (C=O) groups excluding carboxylic acids is 1. The highest BCUT2D eigenvalue weighted by Gasteiger charge is 2.25. The number of terminal acetylenes is 1. The third-order valence-electron chi connectivity index (χ3n) is 4.94. The maximum absolute atomic E-state index is 12.2. The molecule has 0 unspecified atom stereocenters. The Morgan fingerprint density at radius 3 is 3.19 bits per heavy atom. The molecule has 7 nitrogen and oxygen atoms in total. The molecular formula is C20H22N6O. The molecule has 4 heterocycles. The SMILES string of the molecule is C#CCC(=O)N1CCC[C@@H](Nc2c(-c3cc(C)[nH]n3)cnc3[nH]ccc23)C1. The summed E-state index contributed by atoms with van der Waals surface area (Å²) in [4.78, 5) is 21.7. The Bertz CT molecular complexity index is 1010. The third-order valence-corrected chi connectivity index (χ3v) is 4.94. The van der Waals surface area contributed by atoms with Crippen molar-refractivity contribution in [3.8, 4) is 23.6 Å². The number of likely N-dealkylation sites (tertiary alicyclic amines) is 1. The molecule has 1 saturated heterocycles. The number of pyridine rings is 1. The summed E-state index contributed by atoms with van der Waals surface area (Å²) in [5, 5.41) is 12.1. The van der Waals surface area contributed by atoms with Gasteiger partial charge < -0.3 is 15.2 Å². The quantitative estimate of drug-likeness (QED) is 0.623. The number of aryl methyl sites for hydroxylation is 1. The molecule has 1 aliphatic heterocycles. The number of aromatic amines is 2. The van der Waals surface area contributed by atoms with Gasteiger partial charge in [0.2, 0.25) is 5.91 Å². The fraction of sp³-hybridized carbons (Fsp3) is 0.350. The van der Waals surface area contributed by atoms with Crippen LogP contribution in [0.3, 0.4) is 0 Å². The Hall–Kier alpha value is -3.27. The van der Waals surface area contributed by atoms with Crippen molar-refractivity contribution in [1.29, 1.82) is 0 Å². The number of amides is 1. The molecule has 1 atom stereocenters. The van der Waals surface area contributed by atoms with E-state index in [1.54, 1.807) is 0 Å². The Kier molecular flexibility index (Phi) is 4.55. The summed E-state index contributed by atoms with van der Waals surface area (Å²) < 4.78 is 0. The van der Waals surface area contributed by atoms with Crippen molar-refractivity contribution in [1.82, 2.24) is 25.1 Å². The van der Waals surface area contributed by atoms with Crippen LogP contribution in [-0.4, -0.2) is 50.1 Å². The van der Waals surface area contributed by atoms with Gasteiger partial charge in [0.05, 0.1) is 17.8 Å². The molecule has 7 heteroatoms. The molecule has 27 heavy (non-hydrogen) atoms. The predicted molar refractivity (Wildman–Crippen MR) is 105 cm³/mol. The topological polar surface area (TPSA) is 89.7 Å². The van der Waals surface area contributed by atoms with E-state index in [4.69, 9.17) is 6.42 Å². The van der Waals surface area contributed by atoms with Crippen LogP contribution in [0.15, 0.2) is 24.5 Å². The summed E-state index contributed by atoms with van der Waals surface area (Å²) in [5.74, 6) is 2.47. The number of anilines is 1. The van der Waals surface area contributed by atoms with Crippen LogP contribution < -0.4 is 5.32 Å². The molecule has 1 amide bonds. The zero-order valence-corrected chi connectivity index (χ0v) is 15.2. The standard InChI is InChI=1S/C20H22N6O/c1-3-5-18(27)26-9-4-6-14(12-26)23-19-15-7-8-21-20(15)22-11-16(19)17-10-13(2)24-25-17/h1,7-8,10-11,14H,4-6,9,12H2,2H3,(H,24,25)(H2,21,22,23)/t14-/m1/s1. The van der Waals surface area contributed by atoms with Crippen molar-refractivity contribution < 1.29 is 4.79 Å². The van der Waals surface area contributed by atoms with Gasteiger partial charge in [-0.1, -0.05) is 5.92 Å². The molecule has 1 fully saturated rings. The first-order valence-corrected chi connectivity index (χ1v) is 9.12. The number of nitrogens with zero attached hydrogens (tertiary/aromatic N) is 3. The molecule has 3 aromatic rings. The van der Waals surface area contributed by atoms with Gasteiger partial charge in [-0.3, -0.25) is 9.89 Å². The summed E-state index contributed by atoms with van der Waals surface area (Å²) in [6.45, 7) is 3.38. The normalized spacial score (nSPS) is 17.0. The second-order valence-electron chi connectivity index (χ2n) is 6.93. The third kappa shape index (κ3) is 3.38. The number of piperidine rings is 1. The van der Waals surface area contributed by atoms with Gasteiger partial charge in [0, 0.05) is 48.2 Å². The Labute approximate surface area is 157 Å². The highest BCUT2D eigenvalue weighted by Crippen LogP contribution is 2.34. The number of rotatable bonds is 4. The maximum atomic E-state index is 12.2. The molecule has 0 radical (unpaired) electrons. The number of carbonyl (C=O) groups is 1. The van der Waals surface area contributed by atoms with Crippen LogP contribution in [0.4, 0.5) is 5.69 Å². The summed E-state index contributed by atoms with van der Waals surface area (Å²) in [6, 6.07) is 4.17. The van der Waals surface area contributed by atoms with Crippen LogP contribution in [0, 0.1) is 19.3 Å². The summed E-state index contributed by atoms with van der Waals surface area (Å²) in [7, 11) is 0. The van der Waals surface area contributed by atoms with Gasteiger partial charge >= 0.3 is 0 Å². The first kappa shape index (κ1) is 17.2. The lowest BCUT2D eigenvalue weighted by atomic mass is 10.0. The van der Waals surface area contributed by atoms with Gasteiger partial charge in [-0.05, 0) is 31.9 Å². The van der Waals surface area contributed by atoms with E-state index in [9.17, 15) is 4.79 Å². The first-order valence-electron chi connectivity index (χ1n) is 9.12. The molecule has 0 aliphatic carbocycles. The molecule has 138 valence electrons. The van der Waals surface area contributed by atoms with E-state index in [-0.39, 0.29) is 18.4 Å². The Morgan fingerprint density at radius 2 is 2.41 bits per heavy atom. The zero-order valence-electron chi connectivity index (χ0n) is 15.2. The van der Waals surface area contributed by atoms with E-state index in [1.807, 2.05) is 36.4 Å². The van der Waals surface area contributed by atoms with Crippen LogP contribution in [0.1, 0.15) is 25.0 Å². The fourth-order valence-electron chi connectivity index (χ4n) is 3.64. The summed E-state index contributed by atoms with van der Waals surface area (Å²) >= 11 is 0. The van der Waals surface area contributed by atoms with Crippen molar-refractivity contribution in [2.75, 3.05) is 18.4 Å². The minimum absolute atomic E-state index is 0.0219. The monoisotopic (exact) mass is 362 g/mol. The van der Waals surface area contributed by atoms with Gasteiger partial charge in [0.1, 0.15) is 5.65 Å². The van der Waals surface area contributed by atoms with E-state index in [0.29, 0.717) is 6.54 Å². The number of aromatic nitrogens is 4. The fourth-order valence-corrected chi connectivity index (χ4v) is 3.64. The van der Waals surface area contributed by atoms with Crippen molar-refractivity contribution in [3.05, 3.63) is 30.2 Å². The highest BCUT2D eigenvalue weighted by molar-refractivity contribution is 5.97. The van der Waals surface area contributed by atoms with Gasteiger partial charge in [0.15, 0.2) is 0 Å². The number of hydrogen-bond donors (Lipinski definition) is 3. The largest absolute Gasteiger partial charge is 0.379 e. The maximum Gasteiger partial charge on any atom is 0.234 e. The molecular weight excluding hydrogens is 340 g/mol. The summed E-state index contributed by atoms with van der Waals surface area (Å²) in [6.07, 6.45) is 11.1. The van der Waals surface area contributed by atoms with Crippen LogP contribution in [0.25, 0.3) is 22.3 Å². The Morgan fingerprint density at radius 1 is 1.52 bits per heavy atom. The van der Waals surface area contributed by atoms with Crippen LogP contribution in [-0.2, 0) is 4.79 Å². The Balaban J connectivity index is 1.65. The molecule has 1 aliphatic rings. The minimum Gasteiger partial charge on any atom is -0.379 e. The lowest BCUT2D eigenvalue weighted by molar-refractivity contribution is -0.131.